The molecule has 0 bridgehead atoms. The molecule has 3 nitrogen and oxygen atoms in total. The number of hydrogen-bond donors (Lipinski definition) is 3. The molecule has 0 amide bonds. The van der Waals surface area contributed by atoms with Gasteiger partial charge in [-0.05, 0) is 64.6 Å². The first-order valence-corrected chi connectivity index (χ1v) is 9.24. The molecule has 2 rings (SSSR count). The van der Waals surface area contributed by atoms with Crippen LogP contribution in [0.2, 0.25) is 0 Å². The highest BCUT2D eigenvalue weighted by Crippen LogP contribution is 2.27. The number of benzene rings is 2. The number of fused-ring (bicyclic) bond motifs is 1. The summed E-state index contributed by atoms with van der Waals surface area (Å²) in [6, 6.07) is 11.7. The van der Waals surface area contributed by atoms with Crippen LogP contribution in [0.25, 0.3) is 16.8 Å². The van der Waals surface area contributed by atoms with E-state index in [0.717, 1.165) is 21.9 Å². The average molecular weight is 376 g/mol. The van der Waals surface area contributed by atoms with Crippen LogP contribution in [0.5, 0.6) is 0 Å². The van der Waals surface area contributed by atoms with Crippen LogP contribution in [0.4, 0.5) is 0 Å². The summed E-state index contributed by atoms with van der Waals surface area (Å²) < 4.78 is 0. The van der Waals surface area contributed by atoms with Gasteiger partial charge in [-0.1, -0.05) is 54.0 Å². The van der Waals surface area contributed by atoms with Crippen LogP contribution in [-0.4, -0.2) is 32.1 Å². The van der Waals surface area contributed by atoms with Crippen molar-refractivity contribution in [1.29, 1.82) is 0 Å². The van der Waals surface area contributed by atoms with E-state index >= 15 is 0 Å². The number of rotatable bonds is 2. The predicted molar refractivity (Wildman–Crippen MR) is 115 cm³/mol. The van der Waals surface area contributed by atoms with Crippen molar-refractivity contribution in [1.82, 2.24) is 0 Å². The fourth-order valence-corrected chi connectivity index (χ4v) is 2.56. The van der Waals surface area contributed by atoms with Crippen molar-refractivity contribution in [2.45, 2.75) is 58.3 Å². The summed E-state index contributed by atoms with van der Waals surface area (Å²) >= 11 is 0. The quantitative estimate of drug-likeness (QED) is 0.697. The van der Waals surface area contributed by atoms with Gasteiger partial charge in [0.15, 0.2) is 0 Å². The minimum absolute atomic E-state index is 0.493. The number of aliphatic hydroxyl groups is 3. The van der Waals surface area contributed by atoms with Crippen molar-refractivity contribution in [3.05, 3.63) is 53.1 Å². The lowest BCUT2D eigenvalue weighted by Crippen LogP contribution is -2.22. The maximum Gasteiger partial charge on any atom is 0.120 e. The molecule has 146 valence electrons. The first-order chi connectivity index (χ1) is 12.8. The van der Waals surface area contributed by atoms with Gasteiger partial charge in [-0.15, -0.1) is 0 Å². The van der Waals surface area contributed by atoms with Crippen LogP contribution in [0.1, 0.15) is 52.7 Å². The topological polar surface area (TPSA) is 60.7 Å². The summed E-state index contributed by atoms with van der Waals surface area (Å²) in [5.41, 5.74) is -1.28. The van der Waals surface area contributed by atoms with E-state index in [1.54, 1.807) is 41.5 Å². The Morgan fingerprint density at radius 1 is 0.821 bits per heavy atom. The maximum absolute atomic E-state index is 10.6. The summed E-state index contributed by atoms with van der Waals surface area (Å²) in [5, 5.41) is 32.4. The SMILES string of the molecule is CC(C)(O)C#C/C(=C\c1cccc2cccc(C#CC(C)(C)O)c12)C(C)(C)O. The van der Waals surface area contributed by atoms with E-state index in [2.05, 4.69) is 23.7 Å². The Bertz CT molecular complexity index is 1010. The summed E-state index contributed by atoms with van der Waals surface area (Å²) in [5.74, 6) is 11.6. The number of hydrogen-bond acceptors (Lipinski definition) is 3. The lowest BCUT2D eigenvalue weighted by atomic mass is 9.92. The summed E-state index contributed by atoms with van der Waals surface area (Å²) in [4.78, 5) is 0. The maximum atomic E-state index is 10.6. The summed E-state index contributed by atoms with van der Waals surface area (Å²) in [6.07, 6.45) is 1.83. The lowest BCUT2D eigenvalue weighted by Gasteiger charge is -2.18. The zero-order valence-corrected chi connectivity index (χ0v) is 17.4. The van der Waals surface area contributed by atoms with Crippen LogP contribution >= 0.6 is 0 Å². The second kappa shape index (κ2) is 7.82. The molecule has 0 heterocycles. The molecule has 0 fully saturated rings. The van der Waals surface area contributed by atoms with Gasteiger partial charge in [-0.2, -0.15) is 0 Å². The standard InChI is InChI=1S/C25H28O3/c1-23(2,26)15-13-19-11-7-9-18-10-8-12-20(22(18)19)17-21(25(5,6)28)14-16-24(3,4)27/h7-12,17,26-28H,1-6H3/b21-17+. The van der Waals surface area contributed by atoms with E-state index in [-0.39, 0.29) is 0 Å². The highest BCUT2D eigenvalue weighted by molar-refractivity contribution is 5.96. The molecule has 3 N–H and O–H groups in total. The van der Waals surface area contributed by atoms with Crippen LogP contribution in [0.15, 0.2) is 42.0 Å². The molecule has 0 aliphatic carbocycles. The van der Waals surface area contributed by atoms with Gasteiger partial charge in [0.05, 0.1) is 5.60 Å². The van der Waals surface area contributed by atoms with Gasteiger partial charge in [-0.3, -0.25) is 0 Å². The van der Waals surface area contributed by atoms with Crippen molar-refractivity contribution in [2.75, 3.05) is 0 Å². The molecule has 0 aromatic heterocycles. The predicted octanol–water partition coefficient (Wildman–Crippen LogP) is 3.89. The molecule has 0 saturated carbocycles. The van der Waals surface area contributed by atoms with E-state index < -0.39 is 16.8 Å². The molecule has 0 atom stereocenters. The van der Waals surface area contributed by atoms with Gasteiger partial charge in [0.25, 0.3) is 0 Å². The first-order valence-electron chi connectivity index (χ1n) is 9.24. The molecule has 28 heavy (non-hydrogen) atoms. The van der Waals surface area contributed by atoms with Crippen molar-refractivity contribution in [2.24, 2.45) is 0 Å². The second-order valence-electron chi connectivity index (χ2n) is 8.49. The van der Waals surface area contributed by atoms with E-state index in [0.29, 0.717) is 5.57 Å². The molecule has 3 heteroatoms. The van der Waals surface area contributed by atoms with Crippen LogP contribution in [-0.2, 0) is 0 Å². The van der Waals surface area contributed by atoms with E-state index in [1.807, 2.05) is 42.5 Å². The van der Waals surface area contributed by atoms with Crippen molar-refractivity contribution in [3.63, 3.8) is 0 Å². The van der Waals surface area contributed by atoms with Crippen molar-refractivity contribution in [3.8, 4) is 23.7 Å². The third kappa shape index (κ3) is 6.25. The highest BCUT2D eigenvalue weighted by atomic mass is 16.3. The molecule has 2 aromatic rings. The van der Waals surface area contributed by atoms with E-state index in [4.69, 9.17) is 0 Å². The van der Waals surface area contributed by atoms with Gasteiger partial charge in [0, 0.05) is 16.5 Å². The molecule has 2 aromatic carbocycles. The molecule has 0 aliphatic rings. The average Bonchev–Trinajstić information content (AvgIpc) is 2.54. The van der Waals surface area contributed by atoms with Crippen LogP contribution < -0.4 is 0 Å². The lowest BCUT2D eigenvalue weighted by molar-refractivity contribution is 0.125. The van der Waals surface area contributed by atoms with Gasteiger partial charge < -0.3 is 15.3 Å². The molecule has 0 unspecified atom stereocenters. The van der Waals surface area contributed by atoms with Gasteiger partial charge in [0.1, 0.15) is 11.2 Å². The normalized spacial score (nSPS) is 12.8. The third-order valence-electron chi connectivity index (χ3n) is 3.90. The Hall–Kier alpha value is -2.56. The molecule has 0 radical (unpaired) electrons. The molecular formula is C25H28O3. The fourth-order valence-electron chi connectivity index (χ4n) is 2.56. The van der Waals surface area contributed by atoms with Crippen molar-refractivity contribution >= 4 is 16.8 Å². The molecule has 0 spiro atoms. The van der Waals surface area contributed by atoms with Crippen molar-refractivity contribution < 1.29 is 15.3 Å². The van der Waals surface area contributed by atoms with Gasteiger partial charge >= 0.3 is 0 Å². The summed E-state index contributed by atoms with van der Waals surface area (Å²) in [7, 11) is 0. The zero-order chi connectivity index (χ0) is 21.2. The Morgan fingerprint density at radius 2 is 1.39 bits per heavy atom. The second-order valence-corrected chi connectivity index (χ2v) is 8.49. The van der Waals surface area contributed by atoms with Gasteiger partial charge in [0.2, 0.25) is 0 Å². The smallest absolute Gasteiger partial charge is 0.120 e. The molecule has 0 saturated heterocycles. The van der Waals surface area contributed by atoms with Crippen LogP contribution in [0, 0.1) is 23.7 Å². The Balaban J connectivity index is 2.75. The Morgan fingerprint density at radius 3 is 1.93 bits per heavy atom. The fraction of sp³-hybridized carbons (Fsp3) is 0.360. The van der Waals surface area contributed by atoms with E-state index in [9.17, 15) is 15.3 Å². The Kier molecular flexibility index (Phi) is 6.07. The highest BCUT2D eigenvalue weighted by Gasteiger charge is 2.19. The monoisotopic (exact) mass is 376 g/mol. The van der Waals surface area contributed by atoms with Crippen LogP contribution in [0.3, 0.4) is 0 Å². The minimum Gasteiger partial charge on any atom is -0.385 e. The molecular weight excluding hydrogens is 348 g/mol. The summed E-state index contributed by atoms with van der Waals surface area (Å²) in [6.45, 7) is 9.82. The Labute approximate surface area is 167 Å². The van der Waals surface area contributed by atoms with E-state index in [1.165, 1.54) is 0 Å². The minimum atomic E-state index is -1.17. The molecule has 0 aliphatic heterocycles. The largest absolute Gasteiger partial charge is 0.385 e. The zero-order valence-electron chi connectivity index (χ0n) is 17.4. The first kappa shape index (κ1) is 21.7. The third-order valence-corrected chi connectivity index (χ3v) is 3.90. The van der Waals surface area contributed by atoms with Gasteiger partial charge in [-0.25, -0.2) is 0 Å².